The van der Waals surface area contributed by atoms with E-state index in [0.717, 1.165) is 0 Å². The van der Waals surface area contributed by atoms with Gasteiger partial charge in [0.1, 0.15) is 0 Å². The molecule has 1 N–H and O–H groups in total. The van der Waals surface area contributed by atoms with Gasteiger partial charge in [0.25, 0.3) is 5.78 Å². The molecular weight excluding hydrogens is 381 g/mol. The first-order chi connectivity index (χ1) is 7.28. The minimum absolute atomic E-state index is 0. The van der Waals surface area contributed by atoms with Crippen molar-refractivity contribution in [1.82, 2.24) is 0 Å². The van der Waals surface area contributed by atoms with Gasteiger partial charge in [0.05, 0.1) is 0 Å². The van der Waals surface area contributed by atoms with Gasteiger partial charge in [-0.15, -0.1) is 7.92 Å². The third-order valence-corrected chi connectivity index (χ3v) is 0.838. The third kappa shape index (κ3) is 14.0. The molecule has 2 nitrogen and oxygen atoms in total. The van der Waals surface area contributed by atoms with Crippen LogP contribution in [-0.4, -0.2) is 43.2 Å². The number of aliphatic hydroxyl groups excluding tert-OH is 1. The Bertz CT molecular complexity index is 282. The fourth-order valence-electron chi connectivity index (χ4n) is 0.288. The predicted molar refractivity (Wildman–Crippen MR) is 52.5 cm³/mol. The molecule has 0 unspecified atom stereocenters. The van der Waals surface area contributed by atoms with Crippen LogP contribution in [0.25, 0.3) is 0 Å². The summed E-state index contributed by atoms with van der Waals surface area (Å²) in [5.74, 6) is -5.34. The second kappa shape index (κ2) is 8.96. The maximum Gasteiger partial charge on any atom is 0.454 e. The van der Waals surface area contributed by atoms with Crippen LogP contribution in [0.4, 0.5) is 26.3 Å². The predicted octanol–water partition coefficient (Wildman–Crippen LogP) is 3.48. The maximum absolute atomic E-state index is 11.4. The van der Waals surface area contributed by atoms with E-state index in [2.05, 4.69) is 20.0 Å². The quantitative estimate of drug-likeness (QED) is 0.244. The molecule has 0 aromatic heterocycles. The third-order valence-electron chi connectivity index (χ3n) is 0.838. The molecule has 0 aromatic carbocycles. The van der Waals surface area contributed by atoms with Gasteiger partial charge in [-0.25, -0.2) is 0 Å². The van der Waals surface area contributed by atoms with Crippen molar-refractivity contribution < 1.29 is 58.6 Å². The summed E-state index contributed by atoms with van der Waals surface area (Å²) < 4.78 is 68.1. The van der Waals surface area contributed by atoms with Crippen molar-refractivity contribution in [1.29, 1.82) is 0 Å². The molecule has 0 fully saturated rings. The van der Waals surface area contributed by atoms with Crippen molar-refractivity contribution in [3.05, 3.63) is 11.8 Å². The van der Waals surface area contributed by atoms with Crippen LogP contribution in [0.1, 0.15) is 0 Å². The van der Waals surface area contributed by atoms with E-state index < -0.39 is 30.0 Å². The smallest absolute Gasteiger partial charge is 0.454 e. The summed E-state index contributed by atoms with van der Waals surface area (Å²) in [7, 11) is 0.380. The molecule has 0 saturated heterocycles. The van der Waals surface area contributed by atoms with E-state index in [9.17, 15) is 31.1 Å². The summed E-state index contributed by atoms with van der Waals surface area (Å²) >= 11 is 0. The Hall–Kier alpha value is -0.0397. The number of carbonyl (C=O) groups excluding carboxylic acids is 1. The molecule has 0 saturated carbocycles. The molecule has 0 aromatic rings. The first-order valence-corrected chi connectivity index (χ1v) is 6.66. The summed E-state index contributed by atoms with van der Waals surface area (Å²) in [5, 5.41) is 7.93. The summed E-state index contributed by atoms with van der Waals surface area (Å²) in [6, 6.07) is 0. The number of carbonyl (C=O) groups is 1. The van der Waals surface area contributed by atoms with Crippen LogP contribution in [0.5, 0.6) is 0 Å². The van der Waals surface area contributed by atoms with Gasteiger partial charge in [0.15, 0.2) is 0 Å². The van der Waals surface area contributed by atoms with Gasteiger partial charge in [-0.05, 0) is 20.0 Å². The van der Waals surface area contributed by atoms with Crippen LogP contribution >= 0.6 is 7.92 Å². The molecule has 10 heteroatoms. The Labute approximate surface area is 117 Å². The van der Waals surface area contributed by atoms with Gasteiger partial charge in [-0.1, -0.05) is 0 Å². The average molecular weight is 392 g/mol. The molecule has 0 heterocycles. The van der Waals surface area contributed by atoms with E-state index in [1.165, 1.54) is 0 Å². The Morgan fingerprint density at radius 3 is 1.44 bits per heavy atom. The van der Waals surface area contributed by atoms with Crippen molar-refractivity contribution in [2.24, 2.45) is 0 Å². The fourth-order valence-corrected chi connectivity index (χ4v) is 0.288. The zero-order valence-corrected chi connectivity index (χ0v) is 11.8. The van der Waals surface area contributed by atoms with Gasteiger partial charge in [0.2, 0.25) is 5.76 Å². The van der Waals surface area contributed by atoms with Crippen molar-refractivity contribution in [3.8, 4) is 0 Å². The first kappa shape index (κ1) is 23.1. The van der Waals surface area contributed by atoms with E-state index >= 15 is 0 Å². The van der Waals surface area contributed by atoms with Crippen LogP contribution in [-0.2, 0) is 27.2 Å². The largest absolute Gasteiger partial charge is 0.504 e. The molecule has 0 bridgehead atoms. The number of hydrogen-bond acceptors (Lipinski definition) is 2. The first-order valence-electron chi connectivity index (χ1n) is 3.98. The number of rotatable bonds is 1. The van der Waals surface area contributed by atoms with E-state index in [0.29, 0.717) is 7.92 Å². The van der Waals surface area contributed by atoms with Gasteiger partial charge in [0, 0.05) is 28.5 Å². The van der Waals surface area contributed by atoms with Crippen molar-refractivity contribution in [3.63, 3.8) is 0 Å². The molecule has 0 rings (SSSR count). The Morgan fingerprint density at radius 1 is 1.00 bits per heavy atom. The van der Waals surface area contributed by atoms with Gasteiger partial charge in [-0.2, -0.15) is 26.3 Å². The SMILES string of the molecule is CP(C)C.O=C(C=C(O)C(F)(F)F)C(F)(F)F.[Ag]. The molecule has 0 aliphatic heterocycles. The minimum Gasteiger partial charge on any atom is -0.504 e. The van der Waals surface area contributed by atoms with E-state index in [1.54, 1.807) is 0 Å². The number of hydrogen-bond donors (Lipinski definition) is 1. The van der Waals surface area contributed by atoms with E-state index in [1.807, 2.05) is 0 Å². The molecule has 0 aliphatic rings. The van der Waals surface area contributed by atoms with Crippen LogP contribution in [0, 0.1) is 0 Å². The average Bonchev–Trinajstić information content (AvgIpc) is 1.98. The number of alkyl halides is 6. The van der Waals surface area contributed by atoms with Crippen LogP contribution < -0.4 is 0 Å². The summed E-state index contributed by atoms with van der Waals surface area (Å²) in [6.45, 7) is 6.69. The van der Waals surface area contributed by atoms with Crippen LogP contribution in [0.15, 0.2) is 11.8 Å². The number of allylic oxidation sites excluding steroid dienone is 2. The molecule has 18 heavy (non-hydrogen) atoms. The second-order valence-corrected chi connectivity index (χ2v) is 5.91. The Morgan fingerprint density at radius 2 is 1.28 bits per heavy atom. The van der Waals surface area contributed by atoms with Gasteiger partial charge < -0.3 is 5.11 Å². The maximum atomic E-state index is 11.4. The van der Waals surface area contributed by atoms with Crippen molar-refractivity contribution in [2.45, 2.75) is 12.4 Å². The molecule has 0 atom stereocenters. The Balaban J connectivity index is -0.000000392. The van der Waals surface area contributed by atoms with E-state index in [4.69, 9.17) is 5.11 Å². The number of halogens is 6. The molecular formula is C8H11AgF6O2P. The fraction of sp³-hybridized carbons (Fsp3) is 0.625. The number of ketones is 1. The summed E-state index contributed by atoms with van der Waals surface area (Å²) in [4.78, 5) is 9.86. The molecule has 0 amide bonds. The van der Waals surface area contributed by atoms with Gasteiger partial charge in [-0.3, -0.25) is 4.79 Å². The number of aliphatic hydroxyl groups is 1. The monoisotopic (exact) mass is 391 g/mol. The van der Waals surface area contributed by atoms with Crippen molar-refractivity contribution >= 4 is 13.7 Å². The Kier molecular flexibility index (Phi) is 11.5. The molecule has 1 radical (unpaired) electrons. The standard InChI is InChI=1S/C5H2F6O2.C3H9P.Ag/c6-4(7,8)2(12)1-3(13)5(9,10)11;1-4(2)3;/h1,12H;1-3H3;. The van der Waals surface area contributed by atoms with Crippen LogP contribution in [0.3, 0.4) is 0 Å². The summed E-state index contributed by atoms with van der Waals surface area (Å²) in [5.41, 5.74) is 0. The molecule has 0 spiro atoms. The normalized spacial score (nSPS) is 12.4. The second-order valence-electron chi connectivity index (χ2n) is 3.23. The zero-order chi connectivity index (χ0) is 14.4. The molecule has 113 valence electrons. The topological polar surface area (TPSA) is 37.3 Å². The van der Waals surface area contributed by atoms with Crippen molar-refractivity contribution in [2.75, 3.05) is 20.0 Å². The zero-order valence-electron chi connectivity index (χ0n) is 9.45. The van der Waals surface area contributed by atoms with Crippen LogP contribution in [0.2, 0.25) is 0 Å². The summed E-state index contributed by atoms with van der Waals surface area (Å²) in [6.07, 6.45) is -11.7. The minimum atomic E-state index is -5.42. The van der Waals surface area contributed by atoms with E-state index in [-0.39, 0.29) is 22.4 Å². The molecule has 0 aliphatic carbocycles. The van der Waals surface area contributed by atoms with Gasteiger partial charge >= 0.3 is 12.4 Å².